The van der Waals surface area contributed by atoms with E-state index in [9.17, 15) is 8.42 Å². The SMILES string of the molecule is O=S(=O)(c1cccc2c1-c1ccccc1C2)c1cccc2c1-c1ccccc1C2. The summed E-state index contributed by atoms with van der Waals surface area (Å²) >= 11 is 0. The largest absolute Gasteiger partial charge is 0.218 e. The fourth-order valence-electron chi connectivity index (χ4n) is 4.87. The van der Waals surface area contributed by atoms with Gasteiger partial charge in [-0.05, 0) is 58.4 Å². The molecule has 0 spiro atoms. The predicted molar refractivity (Wildman–Crippen MR) is 115 cm³/mol. The van der Waals surface area contributed by atoms with Crippen molar-refractivity contribution in [3.63, 3.8) is 0 Å². The van der Waals surface area contributed by atoms with Gasteiger partial charge in [-0.2, -0.15) is 0 Å². The molecule has 0 bridgehead atoms. The Bertz CT molecular complexity index is 1310. The topological polar surface area (TPSA) is 34.1 Å². The molecule has 0 N–H and O–H groups in total. The molecule has 2 aliphatic rings. The number of hydrogen-bond donors (Lipinski definition) is 0. The van der Waals surface area contributed by atoms with Gasteiger partial charge in [0, 0.05) is 11.1 Å². The average molecular weight is 394 g/mol. The summed E-state index contributed by atoms with van der Waals surface area (Å²) < 4.78 is 27.9. The number of sulfone groups is 1. The van der Waals surface area contributed by atoms with Crippen LogP contribution in [0.1, 0.15) is 22.3 Å². The van der Waals surface area contributed by atoms with E-state index >= 15 is 0 Å². The zero-order chi connectivity index (χ0) is 19.6. The van der Waals surface area contributed by atoms with Crippen LogP contribution in [0.5, 0.6) is 0 Å². The molecule has 0 radical (unpaired) electrons. The van der Waals surface area contributed by atoms with E-state index in [4.69, 9.17) is 0 Å². The van der Waals surface area contributed by atoms with Crippen molar-refractivity contribution in [3.8, 4) is 22.3 Å². The summed E-state index contributed by atoms with van der Waals surface area (Å²) in [5.74, 6) is 0. The van der Waals surface area contributed by atoms with Gasteiger partial charge in [-0.15, -0.1) is 0 Å². The zero-order valence-corrected chi connectivity index (χ0v) is 16.5. The quantitative estimate of drug-likeness (QED) is 0.380. The monoisotopic (exact) mass is 394 g/mol. The van der Waals surface area contributed by atoms with Crippen LogP contribution in [0.3, 0.4) is 0 Å². The Balaban J connectivity index is 1.62. The van der Waals surface area contributed by atoms with Crippen LogP contribution in [0.4, 0.5) is 0 Å². The Morgan fingerprint density at radius 1 is 0.483 bits per heavy atom. The van der Waals surface area contributed by atoms with Gasteiger partial charge in [-0.1, -0.05) is 72.8 Å². The van der Waals surface area contributed by atoms with Crippen molar-refractivity contribution in [1.82, 2.24) is 0 Å². The van der Waals surface area contributed by atoms with Gasteiger partial charge in [0.25, 0.3) is 0 Å². The van der Waals surface area contributed by atoms with Crippen molar-refractivity contribution < 1.29 is 8.42 Å². The minimum Gasteiger partial charge on any atom is -0.218 e. The van der Waals surface area contributed by atoms with Crippen LogP contribution < -0.4 is 0 Å². The van der Waals surface area contributed by atoms with Crippen molar-refractivity contribution in [1.29, 1.82) is 0 Å². The Kier molecular flexibility index (Phi) is 3.42. The van der Waals surface area contributed by atoms with E-state index in [0.29, 0.717) is 9.79 Å². The van der Waals surface area contributed by atoms with E-state index in [2.05, 4.69) is 12.1 Å². The van der Waals surface area contributed by atoms with Crippen LogP contribution in [-0.2, 0) is 22.7 Å². The van der Waals surface area contributed by atoms with Gasteiger partial charge in [0.1, 0.15) is 0 Å². The first-order valence-corrected chi connectivity index (χ1v) is 11.3. The standard InChI is InChI=1S/C26H18O2S/c27-29(28,23-13-5-9-19-15-17-7-1-3-11-21(17)25(19)23)24-14-6-10-20-16-18-8-2-4-12-22(18)26(20)24/h1-14H,15-16H2. The second kappa shape index (κ2) is 5.91. The van der Waals surface area contributed by atoms with Gasteiger partial charge < -0.3 is 0 Å². The molecule has 6 rings (SSSR count). The molecule has 29 heavy (non-hydrogen) atoms. The fraction of sp³-hybridized carbons (Fsp3) is 0.0769. The molecule has 3 heteroatoms. The minimum absolute atomic E-state index is 0.415. The Hall–Kier alpha value is -3.17. The molecule has 4 aromatic rings. The van der Waals surface area contributed by atoms with Crippen molar-refractivity contribution in [2.75, 3.05) is 0 Å². The van der Waals surface area contributed by atoms with E-state index < -0.39 is 9.84 Å². The molecule has 2 aliphatic carbocycles. The molecule has 0 unspecified atom stereocenters. The summed E-state index contributed by atoms with van der Waals surface area (Å²) in [5.41, 5.74) is 8.35. The first-order chi connectivity index (χ1) is 14.1. The van der Waals surface area contributed by atoms with Crippen LogP contribution in [0.15, 0.2) is 94.7 Å². The molecular formula is C26H18O2S. The highest BCUT2D eigenvalue weighted by Gasteiger charge is 2.32. The van der Waals surface area contributed by atoms with Crippen LogP contribution in [0.25, 0.3) is 22.3 Å². The second-order valence-corrected chi connectivity index (χ2v) is 9.64. The summed E-state index contributed by atoms with van der Waals surface area (Å²) in [7, 11) is -3.67. The molecule has 0 fully saturated rings. The molecule has 0 heterocycles. The number of benzene rings is 4. The average Bonchev–Trinajstić information content (AvgIpc) is 3.31. The first-order valence-electron chi connectivity index (χ1n) is 9.80. The van der Waals surface area contributed by atoms with Crippen molar-refractivity contribution in [2.45, 2.75) is 22.6 Å². The molecule has 140 valence electrons. The fourth-order valence-corrected chi connectivity index (χ4v) is 6.64. The molecular weight excluding hydrogens is 376 g/mol. The number of fused-ring (bicyclic) bond motifs is 6. The summed E-state index contributed by atoms with van der Waals surface area (Å²) in [4.78, 5) is 0.829. The lowest BCUT2D eigenvalue weighted by Gasteiger charge is -2.14. The molecule has 0 aromatic heterocycles. The number of hydrogen-bond acceptors (Lipinski definition) is 2. The smallest absolute Gasteiger partial charge is 0.207 e. The number of rotatable bonds is 2. The first kappa shape index (κ1) is 16.8. The Morgan fingerprint density at radius 3 is 1.38 bits per heavy atom. The molecule has 2 nitrogen and oxygen atoms in total. The summed E-state index contributed by atoms with van der Waals surface area (Å²) in [6.45, 7) is 0. The van der Waals surface area contributed by atoms with Crippen molar-refractivity contribution >= 4 is 9.84 Å². The maximum absolute atomic E-state index is 14.0. The van der Waals surface area contributed by atoms with E-state index in [1.807, 2.05) is 60.7 Å². The lowest BCUT2D eigenvalue weighted by atomic mass is 10.1. The van der Waals surface area contributed by atoms with E-state index in [1.54, 1.807) is 12.1 Å². The van der Waals surface area contributed by atoms with Gasteiger partial charge in [0.15, 0.2) is 0 Å². The maximum atomic E-state index is 14.0. The van der Waals surface area contributed by atoms with Gasteiger partial charge in [0.05, 0.1) is 9.79 Å². The zero-order valence-electron chi connectivity index (χ0n) is 15.7. The van der Waals surface area contributed by atoms with Gasteiger partial charge >= 0.3 is 0 Å². The molecule has 0 amide bonds. The van der Waals surface area contributed by atoms with E-state index in [0.717, 1.165) is 46.2 Å². The van der Waals surface area contributed by atoms with Gasteiger partial charge in [-0.25, -0.2) is 8.42 Å². The molecule has 4 aromatic carbocycles. The molecule has 0 saturated heterocycles. The summed E-state index contributed by atoms with van der Waals surface area (Å²) in [6.07, 6.45) is 1.56. The summed E-state index contributed by atoms with van der Waals surface area (Å²) in [5, 5.41) is 0. The van der Waals surface area contributed by atoms with Crippen LogP contribution in [0, 0.1) is 0 Å². The summed E-state index contributed by atoms with van der Waals surface area (Å²) in [6, 6.07) is 27.6. The van der Waals surface area contributed by atoms with E-state index in [-0.39, 0.29) is 0 Å². The van der Waals surface area contributed by atoms with Crippen LogP contribution in [0.2, 0.25) is 0 Å². The van der Waals surface area contributed by atoms with Crippen molar-refractivity contribution in [3.05, 3.63) is 107 Å². The lowest BCUT2D eigenvalue weighted by Crippen LogP contribution is -2.06. The Labute approximate surface area is 170 Å². The Morgan fingerprint density at radius 2 is 0.897 bits per heavy atom. The molecule has 0 atom stereocenters. The van der Waals surface area contributed by atoms with E-state index in [1.165, 1.54) is 11.1 Å². The van der Waals surface area contributed by atoms with Crippen LogP contribution in [-0.4, -0.2) is 8.42 Å². The third-order valence-electron chi connectivity index (χ3n) is 6.14. The minimum atomic E-state index is -3.67. The van der Waals surface area contributed by atoms with Crippen molar-refractivity contribution in [2.24, 2.45) is 0 Å². The van der Waals surface area contributed by atoms with Gasteiger partial charge in [0.2, 0.25) is 9.84 Å². The maximum Gasteiger partial charge on any atom is 0.207 e. The third-order valence-corrected chi connectivity index (χ3v) is 7.98. The highest BCUT2D eigenvalue weighted by molar-refractivity contribution is 7.91. The third kappa shape index (κ3) is 2.31. The van der Waals surface area contributed by atoms with Crippen LogP contribution >= 0.6 is 0 Å². The van der Waals surface area contributed by atoms with Gasteiger partial charge in [-0.3, -0.25) is 0 Å². The molecule has 0 saturated carbocycles. The highest BCUT2D eigenvalue weighted by Crippen LogP contribution is 2.46. The lowest BCUT2D eigenvalue weighted by molar-refractivity contribution is 0.596. The molecule has 0 aliphatic heterocycles. The predicted octanol–water partition coefficient (Wildman–Crippen LogP) is 5.66. The second-order valence-electron chi connectivity index (χ2n) is 7.75. The normalized spacial score (nSPS) is 13.5. The highest BCUT2D eigenvalue weighted by atomic mass is 32.2.